The number of unbranched alkanes of at least 4 members (excludes halogenated alkanes) is 3. The van der Waals surface area contributed by atoms with Crippen molar-refractivity contribution in [2.75, 3.05) is 6.16 Å². The molecule has 2 aromatic carbocycles. The standard InChI is InChI=1S/C23H26NP/c1(5-13-21-14-10-11-19-24-21)2-12-20-25(22-15-6-3-7-16-22)23-17-8-4-9-18-23/h3-4,6-11,14-19H,1-2,5,12-13,20H2. The highest BCUT2D eigenvalue weighted by Crippen LogP contribution is 2.34. The second-order valence-corrected chi connectivity index (χ2v) is 8.64. The average molecular weight is 347 g/mol. The number of nitrogens with zero attached hydrogens (tertiary/aromatic N) is 1. The third-order valence-electron chi connectivity index (χ3n) is 4.43. The van der Waals surface area contributed by atoms with Crippen LogP contribution in [0.15, 0.2) is 85.1 Å². The van der Waals surface area contributed by atoms with E-state index in [1.807, 2.05) is 12.3 Å². The molecular weight excluding hydrogens is 321 g/mol. The van der Waals surface area contributed by atoms with Crippen molar-refractivity contribution in [3.05, 3.63) is 90.8 Å². The Labute approximate surface area is 152 Å². The van der Waals surface area contributed by atoms with Crippen molar-refractivity contribution in [1.82, 2.24) is 4.98 Å². The van der Waals surface area contributed by atoms with Crippen molar-refractivity contribution >= 4 is 18.5 Å². The van der Waals surface area contributed by atoms with Crippen LogP contribution in [0.2, 0.25) is 0 Å². The predicted octanol–water partition coefficient (Wildman–Crippen LogP) is 5.32. The molecule has 128 valence electrons. The van der Waals surface area contributed by atoms with Gasteiger partial charge < -0.3 is 0 Å². The first kappa shape index (κ1) is 17.8. The second kappa shape index (κ2) is 10.1. The van der Waals surface area contributed by atoms with E-state index >= 15 is 0 Å². The van der Waals surface area contributed by atoms with E-state index in [1.165, 1.54) is 48.1 Å². The summed E-state index contributed by atoms with van der Waals surface area (Å²) in [6.07, 6.45) is 9.43. The van der Waals surface area contributed by atoms with E-state index < -0.39 is 0 Å². The van der Waals surface area contributed by atoms with Crippen LogP contribution < -0.4 is 10.6 Å². The zero-order valence-electron chi connectivity index (χ0n) is 14.7. The van der Waals surface area contributed by atoms with Gasteiger partial charge in [-0.15, -0.1) is 0 Å². The molecule has 3 aromatic rings. The zero-order valence-corrected chi connectivity index (χ0v) is 15.6. The fourth-order valence-electron chi connectivity index (χ4n) is 3.10. The van der Waals surface area contributed by atoms with Crippen LogP contribution in [-0.4, -0.2) is 11.1 Å². The van der Waals surface area contributed by atoms with Crippen molar-refractivity contribution in [3.8, 4) is 0 Å². The number of benzene rings is 2. The second-order valence-electron chi connectivity index (χ2n) is 6.31. The molecule has 0 aliphatic carbocycles. The Balaban J connectivity index is 1.48. The molecule has 0 atom stereocenters. The summed E-state index contributed by atoms with van der Waals surface area (Å²) in [5.74, 6) is 0. The van der Waals surface area contributed by atoms with Gasteiger partial charge >= 0.3 is 0 Å². The van der Waals surface area contributed by atoms with Gasteiger partial charge in [-0.1, -0.05) is 79.6 Å². The highest BCUT2D eigenvalue weighted by atomic mass is 31.1. The minimum atomic E-state index is -0.228. The lowest BCUT2D eigenvalue weighted by molar-refractivity contribution is 0.663. The quantitative estimate of drug-likeness (QED) is 0.377. The molecule has 0 bridgehead atoms. The lowest BCUT2D eigenvalue weighted by Crippen LogP contribution is -2.13. The van der Waals surface area contributed by atoms with Crippen LogP contribution in [0.4, 0.5) is 0 Å². The zero-order chi connectivity index (χ0) is 17.2. The van der Waals surface area contributed by atoms with Crippen molar-refractivity contribution in [1.29, 1.82) is 0 Å². The van der Waals surface area contributed by atoms with E-state index in [2.05, 4.69) is 77.8 Å². The Hall–Kier alpha value is -1.98. The first-order valence-electron chi connectivity index (χ1n) is 9.21. The predicted molar refractivity (Wildman–Crippen MR) is 110 cm³/mol. The van der Waals surface area contributed by atoms with Gasteiger partial charge in [-0.05, 0) is 56.1 Å². The van der Waals surface area contributed by atoms with Crippen LogP contribution in [0.5, 0.6) is 0 Å². The highest BCUT2D eigenvalue weighted by molar-refractivity contribution is 7.73. The van der Waals surface area contributed by atoms with E-state index in [0.29, 0.717) is 0 Å². The van der Waals surface area contributed by atoms with Crippen LogP contribution in [0, 0.1) is 0 Å². The van der Waals surface area contributed by atoms with E-state index in [0.717, 1.165) is 6.42 Å². The molecule has 1 nitrogen and oxygen atoms in total. The fourth-order valence-corrected chi connectivity index (χ4v) is 5.52. The van der Waals surface area contributed by atoms with Gasteiger partial charge in [-0.3, -0.25) is 4.98 Å². The number of rotatable bonds is 9. The smallest absolute Gasteiger partial charge is 0.0403 e. The molecule has 0 fully saturated rings. The Morgan fingerprint density at radius 2 is 1.20 bits per heavy atom. The van der Waals surface area contributed by atoms with Gasteiger partial charge in [0.25, 0.3) is 0 Å². The van der Waals surface area contributed by atoms with Crippen LogP contribution in [0.1, 0.15) is 31.4 Å². The Bertz CT molecular complexity index is 673. The molecular formula is C23H26NP. The van der Waals surface area contributed by atoms with E-state index in [-0.39, 0.29) is 7.92 Å². The van der Waals surface area contributed by atoms with Crippen molar-refractivity contribution < 1.29 is 0 Å². The summed E-state index contributed by atoms with van der Waals surface area (Å²) >= 11 is 0. The van der Waals surface area contributed by atoms with Crippen LogP contribution in [0.25, 0.3) is 0 Å². The van der Waals surface area contributed by atoms with Gasteiger partial charge in [0.2, 0.25) is 0 Å². The van der Waals surface area contributed by atoms with Crippen LogP contribution in [0.3, 0.4) is 0 Å². The molecule has 0 spiro atoms. The van der Waals surface area contributed by atoms with Gasteiger partial charge in [0.05, 0.1) is 0 Å². The maximum atomic E-state index is 4.41. The monoisotopic (exact) mass is 347 g/mol. The summed E-state index contributed by atoms with van der Waals surface area (Å²) in [7, 11) is -0.228. The third kappa shape index (κ3) is 5.80. The summed E-state index contributed by atoms with van der Waals surface area (Å²) < 4.78 is 0. The molecule has 25 heavy (non-hydrogen) atoms. The molecule has 0 aliphatic heterocycles. The van der Waals surface area contributed by atoms with Gasteiger partial charge in [-0.25, -0.2) is 0 Å². The Morgan fingerprint density at radius 1 is 0.600 bits per heavy atom. The molecule has 0 amide bonds. The largest absolute Gasteiger partial charge is 0.261 e. The fraction of sp³-hybridized carbons (Fsp3) is 0.261. The summed E-state index contributed by atoms with van der Waals surface area (Å²) in [5.41, 5.74) is 1.22. The van der Waals surface area contributed by atoms with E-state index in [1.54, 1.807) is 0 Å². The molecule has 2 heteroatoms. The number of hydrogen-bond donors (Lipinski definition) is 0. The molecule has 1 heterocycles. The third-order valence-corrected chi connectivity index (χ3v) is 7.03. The molecule has 1 aromatic heterocycles. The van der Waals surface area contributed by atoms with Gasteiger partial charge in [0.1, 0.15) is 0 Å². The molecule has 0 N–H and O–H groups in total. The summed E-state index contributed by atoms with van der Waals surface area (Å²) in [6, 6.07) is 28.2. The van der Waals surface area contributed by atoms with Gasteiger partial charge in [-0.2, -0.15) is 0 Å². The normalized spacial score (nSPS) is 10.9. The minimum absolute atomic E-state index is 0.228. The molecule has 3 rings (SSSR count). The average Bonchev–Trinajstić information content (AvgIpc) is 2.69. The van der Waals surface area contributed by atoms with Gasteiger partial charge in [0, 0.05) is 11.9 Å². The maximum Gasteiger partial charge on any atom is 0.0403 e. The molecule has 0 saturated carbocycles. The van der Waals surface area contributed by atoms with E-state index in [9.17, 15) is 0 Å². The van der Waals surface area contributed by atoms with Crippen molar-refractivity contribution in [2.24, 2.45) is 0 Å². The van der Waals surface area contributed by atoms with E-state index in [4.69, 9.17) is 0 Å². The SMILES string of the molecule is c1ccc(P(CCCCCCc2ccccn2)c2ccccc2)cc1. The van der Waals surface area contributed by atoms with Crippen LogP contribution >= 0.6 is 7.92 Å². The topological polar surface area (TPSA) is 12.9 Å². The first-order valence-corrected chi connectivity index (χ1v) is 10.7. The number of aromatic nitrogens is 1. The maximum absolute atomic E-state index is 4.41. The van der Waals surface area contributed by atoms with Gasteiger partial charge in [0.15, 0.2) is 0 Å². The number of hydrogen-bond acceptors (Lipinski definition) is 1. The Morgan fingerprint density at radius 3 is 1.80 bits per heavy atom. The number of pyridine rings is 1. The van der Waals surface area contributed by atoms with Crippen LogP contribution in [-0.2, 0) is 6.42 Å². The van der Waals surface area contributed by atoms with Crippen molar-refractivity contribution in [3.63, 3.8) is 0 Å². The van der Waals surface area contributed by atoms with Crippen molar-refractivity contribution in [2.45, 2.75) is 32.1 Å². The molecule has 0 aliphatic rings. The lowest BCUT2D eigenvalue weighted by atomic mass is 10.1. The minimum Gasteiger partial charge on any atom is -0.261 e. The summed E-state index contributed by atoms with van der Waals surface area (Å²) in [4.78, 5) is 4.41. The highest BCUT2D eigenvalue weighted by Gasteiger charge is 2.12. The first-order chi connectivity index (χ1) is 12.4. The number of aryl methyl sites for hydroxylation is 1. The molecule has 0 unspecified atom stereocenters. The summed E-state index contributed by atoms with van der Waals surface area (Å²) in [6.45, 7) is 0. The molecule has 0 saturated heterocycles. The lowest BCUT2D eigenvalue weighted by Gasteiger charge is -2.18. The Kier molecular flexibility index (Phi) is 7.21. The molecule has 0 radical (unpaired) electrons. The summed E-state index contributed by atoms with van der Waals surface area (Å²) in [5, 5.41) is 2.99.